The van der Waals surface area contributed by atoms with Crippen molar-refractivity contribution in [1.29, 1.82) is 0 Å². The van der Waals surface area contributed by atoms with Crippen LogP contribution in [-0.4, -0.2) is 44.3 Å². The lowest BCUT2D eigenvalue weighted by molar-refractivity contribution is -0.00627. The SMILES string of the molecule is CC(C)Oc1cc2nc([C@@]34CC[C@@](C)(C3)OC4)cn2cc1C(=O)Nc1cccn(C2C[C@@H]2F)c1=O. The van der Waals surface area contributed by atoms with Crippen LogP contribution in [0.15, 0.2) is 41.6 Å². The largest absolute Gasteiger partial charge is 0.490 e. The topological polar surface area (TPSA) is 86.9 Å². The standard InChI is InChI=1S/C26H29FN4O4/c1-15(2)35-20-10-22-29-21(26-7-6-25(3,13-26)34-14-26)12-30(22)11-16(20)23(32)28-18-5-4-8-31(24(18)33)19-9-17(19)27/h4-5,8,10-12,15,17,19H,6-7,9,13-14H2,1-3H3,(H,28,32)/t17-,19?,25-,26-/m0/s1. The van der Waals surface area contributed by atoms with E-state index in [-0.39, 0.29) is 28.4 Å². The number of imidazole rings is 1. The Morgan fingerprint density at radius 3 is 2.77 bits per heavy atom. The summed E-state index contributed by atoms with van der Waals surface area (Å²) in [5.41, 5.74) is 1.43. The second kappa shape index (κ2) is 7.65. The molecule has 1 amide bonds. The molecule has 1 aliphatic heterocycles. The van der Waals surface area contributed by atoms with E-state index in [4.69, 9.17) is 14.5 Å². The van der Waals surface area contributed by atoms with Crippen LogP contribution in [0.1, 0.15) is 68.5 Å². The highest BCUT2D eigenvalue weighted by Gasteiger charge is 2.55. The maximum absolute atomic E-state index is 13.5. The maximum atomic E-state index is 13.5. The molecule has 1 unspecified atom stereocenters. The van der Waals surface area contributed by atoms with E-state index in [9.17, 15) is 14.0 Å². The molecular formula is C26H29FN4O4. The van der Waals surface area contributed by atoms with Gasteiger partial charge in [-0.05, 0) is 52.2 Å². The molecule has 1 N–H and O–H groups in total. The number of ether oxygens (including phenoxy) is 2. The van der Waals surface area contributed by atoms with Gasteiger partial charge in [-0.25, -0.2) is 9.37 Å². The number of rotatable bonds is 6. The van der Waals surface area contributed by atoms with Gasteiger partial charge in [0.15, 0.2) is 0 Å². The number of alkyl halides is 1. The van der Waals surface area contributed by atoms with E-state index in [1.807, 2.05) is 24.4 Å². The Labute approximate surface area is 202 Å². The van der Waals surface area contributed by atoms with Gasteiger partial charge in [0.25, 0.3) is 11.5 Å². The van der Waals surface area contributed by atoms with Crippen LogP contribution < -0.4 is 15.6 Å². The highest BCUT2D eigenvalue weighted by Crippen LogP contribution is 2.53. The summed E-state index contributed by atoms with van der Waals surface area (Å²) in [6, 6.07) is 4.47. The number of amides is 1. The number of hydrogen-bond donors (Lipinski definition) is 1. The van der Waals surface area contributed by atoms with Crippen LogP contribution in [0.3, 0.4) is 0 Å². The lowest BCUT2D eigenvalue weighted by Crippen LogP contribution is -2.26. The predicted molar refractivity (Wildman–Crippen MR) is 128 cm³/mol. The molecule has 0 aromatic carbocycles. The molecule has 3 fully saturated rings. The average Bonchev–Trinajstić information content (AvgIpc) is 3.12. The number of halogens is 1. The van der Waals surface area contributed by atoms with Gasteiger partial charge < -0.3 is 23.8 Å². The molecule has 3 aliphatic rings. The van der Waals surface area contributed by atoms with Gasteiger partial charge in [0.1, 0.15) is 23.3 Å². The number of carbonyl (C=O) groups is 1. The zero-order valence-corrected chi connectivity index (χ0v) is 20.1. The summed E-state index contributed by atoms with van der Waals surface area (Å²) in [6.07, 6.45) is 7.31. The summed E-state index contributed by atoms with van der Waals surface area (Å²) in [7, 11) is 0. The van der Waals surface area contributed by atoms with Crippen molar-refractivity contribution in [2.45, 2.75) is 75.8 Å². The fourth-order valence-corrected chi connectivity index (χ4v) is 5.54. The molecular weight excluding hydrogens is 451 g/mol. The van der Waals surface area contributed by atoms with Gasteiger partial charge in [-0.1, -0.05) is 0 Å². The Hall–Kier alpha value is -3.20. The minimum Gasteiger partial charge on any atom is -0.490 e. The smallest absolute Gasteiger partial charge is 0.274 e. The van der Waals surface area contributed by atoms with Gasteiger partial charge in [0.05, 0.1) is 35.6 Å². The van der Waals surface area contributed by atoms with Gasteiger partial charge in [-0.15, -0.1) is 0 Å². The Kier molecular flexibility index (Phi) is 4.87. The second-order valence-corrected chi connectivity index (χ2v) is 10.7. The Morgan fingerprint density at radius 2 is 2.14 bits per heavy atom. The third-order valence-corrected chi connectivity index (χ3v) is 7.51. The average molecular weight is 481 g/mol. The summed E-state index contributed by atoms with van der Waals surface area (Å²) in [5, 5.41) is 2.71. The van der Waals surface area contributed by atoms with Crippen LogP contribution in [0.4, 0.5) is 10.1 Å². The summed E-state index contributed by atoms with van der Waals surface area (Å²) >= 11 is 0. The van der Waals surface area contributed by atoms with Crippen molar-refractivity contribution in [2.24, 2.45) is 0 Å². The van der Waals surface area contributed by atoms with Crippen LogP contribution in [0.25, 0.3) is 5.65 Å². The van der Waals surface area contributed by atoms with Gasteiger partial charge >= 0.3 is 0 Å². The van der Waals surface area contributed by atoms with E-state index in [2.05, 4.69) is 12.2 Å². The molecule has 6 rings (SSSR count). The summed E-state index contributed by atoms with van der Waals surface area (Å²) < 4.78 is 28.7. The molecule has 184 valence electrons. The number of nitrogens with one attached hydrogen (secondary N) is 1. The predicted octanol–water partition coefficient (Wildman–Crippen LogP) is 4.03. The highest BCUT2D eigenvalue weighted by molar-refractivity contribution is 6.06. The van der Waals surface area contributed by atoms with Crippen LogP contribution in [0.2, 0.25) is 0 Å². The van der Waals surface area contributed by atoms with Crippen molar-refractivity contribution in [1.82, 2.24) is 14.0 Å². The fraction of sp³-hybridized carbons (Fsp3) is 0.500. The third kappa shape index (κ3) is 3.73. The first-order chi connectivity index (χ1) is 16.7. The number of hydrogen-bond acceptors (Lipinski definition) is 5. The number of aromatic nitrogens is 3. The second-order valence-electron chi connectivity index (χ2n) is 10.7. The van der Waals surface area contributed by atoms with E-state index in [0.717, 1.165) is 25.0 Å². The normalized spacial score (nSPS) is 29.2. The van der Waals surface area contributed by atoms with E-state index in [1.165, 1.54) is 10.6 Å². The summed E-state index contributed by atoms with van der Waals surface area (Å²) in [5.74, 6) is -0.0862. The number of carbonyl (C=O) groups excluding carboxylic acids is 1. The number of pyridine rings is 2. The molecule has 2 bridgehead atoms. The molecule has 2 saturated carbocycles. The van der Waals surface area contributed by atoms with Gasteiger partial charge in [-0.3, -0.25) is 9.59 Å². The molecule has 3 aromatic heterocycles. The minimum absolute atomic E-state index is 0.0853. The molecule has 35 heavy (non-hydrogen) atoms. The molecule has 4 heterocycles. The molecule has 8 nitrogen and oxygen atoms in total. The maximum Gasteiger partial charge on any atom is 0.274 e. The monoisotopic (exact) mass is 480 g/mol. The molecule has 0 radical (unpaired) electrons. The zero-order chi connectivity index (χ0) is 24.5. The van der Waals surface area contributed by atoms with Crippen molar-refractivity contribution in [3.8, 4) is 5.75 Å². The van der Waals surface area contributed by atoms with E-state index in [1.54, 1.807) is 24.5 Å². The lowest BCUT2D eigenvalue weighted by atomic mass is 9.84. The van der Waals surface area contributed by atoms with Gasteiger partial charge in [0.2, 0.25) is 0 Å². The number of anilines is 1. The zero-order valence-electron chi connectivity index (χ0n) is 20.1. The first-order valence-corrected chi connectivity index (χ1v) is 12.2. The van der Waals surface area contributed by atoms with Gasteiger partial charge in [0, 0.05) is 36.5 Å². The Balaban J connectivity index is 1.35. The first kappa shape index (κ1) is 22.3. The molecule has 9 heteroatoms. The fourth-order valence-electron chi connectivity index (χ4n) is 5.54. The summed E-state index contributed by atoms with van der Waals surface area (Å²) in [4.78, 5) is 31.0. The van der Waals surface area contributed by atoms with Crippen molar-refractivity contribution in [3.63, 3.8) is 0 Å². The van der Waals surface area contributed by atoms with Crippen molar-refractivity contribution in [2.75, 3.05) is 11.9 Å². The van der Waals surface area contributed by atoms with Crippen LogP contribution >= 0.6 is 0 Å². The third-order valence-electron chi connectivity index (χ3n) is 7.51. The first-order valence-electron chi connectivity index (χ1n) is 12.2. The van der Waals surface area contributed by atoms with E-state index in [0.29, 0.717) is 24.4 Å². The number of fused-ring (bicyclic) bond motifs is 3. The highest BCUT2D eigenvalue weighted by atomic mass is 19.1. The summed E-state index contributed by atoms with van der Waals surface area (Å²) in [6.45, 7) is 6.58. The lowest BCUT2D eigenvalue weighted by Gasteiger charge is -2.24. The van der Waals surface area contributed by atoms with E-state index >= 15 is 0 Å². The molecule has 3 aromatic rings. The molecule has 4 atom stereocenters. The minimum atomic E-state index is -1.02. The molecule has 0 spiro atoms. The van der Waals surface area contributed by atoms with Gasteiger partial charge in [-0.2, -0.15) is 0 Å². The Morgan fingerprint density at radius 1 is 1.34 bits per heavy atom. The van der Waals surface area contributed by atoms with Crippen molar-refractivity contribution < 1.29 is 18.7 Å². The number of nitrogens with zero attached hydrogens (tertiary/aromatic N) is 3. The van der Waals surface area contributed by atoms with E-state index < -0.39 is 23.7 Å². The van der Waals surface area contributed by atoms with Crippen LogP contribution in [0.5, 0.6) is 5.75 Å². The van der Waals surface area contributed by atoms with Crippen molar-refractivity contribution in [3.05, 3.63) is 58.4 Å². The van der Waals surface area contributed by atoms with Crippen LogP contribution in [-0.2, 0) is 10.2 Å². The van der Waals surface area contributed by atoms with Crippen LogP contribution in [0, 0.1) is 0 Å². The Bertz CT molecular complexity index is 1390. The molecule has 2 aliphatic carbocycles. The quantitative estimate of drug-likeness (QED) is 0.576. The molecule has 1 saturated heterocycles. The van der Waals surface area contributed by atoms with Crippen molar-refractivity contribution >= 4 is 17.2 Å².